The number of anilines is 1. The molecule has 0 saturated heterocycles. The van der Waals surface area contributed by atoms with Crippen LogP contribution >= 0.6 is 24.0 Å². The number of benzene rings is 1. The van der Waals surface area contributed by atoms with E-state index in [-0.39, 0.29) is 42.5 Å². The van der Waals surface area contributed by atoms with Gasteiger partial charge < -0.3 is 16.0 Å². The Morgan fingerprint density at radius 1 is 1.26 bits per heavy atom. The van der Waals surface area contributed by atoms with Gasteiger partial charge in [0, 0.05) is 31.5 Å². The minimum Gasteiger partial charge on any atom is -0.354 e. The number of hydrogen-bond donors (Lipinski definition) is 3. The number of rotatable bonds is 6. The first-order valence-electron chi connectivity index (χ1n) is 8.71. The van der Waals surface area contributed by atoms with Crippen LogP contribution in [-0.4, -0.2) is 41.3 Å². The monoisotopic (exact) mass is 484 g/mol. The number of hydrogen-bond acceptors (Lipinski definition) is 3. The van der Waals surface area contributed by atoms with Crippen LogP contribution in [0.15, 0.2) is 35.3 Å². The van der Waals surface area contributed by atoms with E-state index in [4.69, 9.17) is 0 Å². The summed E-state index contributed by atoms with van der Waals surface area (Å²) < 4.78 is 1.90. The van der Waals surface area contributed by atoms with Crippen LogP contribution < -0.4 is 16.0 Å². The molecular weight excluding hydrogens is 455 g/mol. The van der Waals surface area contributed by atoms with Crippen LogP contribution in [0.2, 0.25) is 0 Å². The number of carbonyl (C=O) groups is 1. The maximum Gasteiger partial charge on any atom is 0.243 e. The summed E-state index contributed by atoms with van der Waals surface area (Å²) in [6.45, 7) is 6.33. The van der Waals surface area contributed by atoms with Gasteiger partial charge in [0.2, 0.25) is 5.91 Å². The molecule has 0 aliphatic rings. The molecule has 0 saturated carbocycles. The average Bonchev–Trinajstić information content (AvgIpc) is 2.85. The van der Waals surface area contributed by atoms with Crippen molar-refractivity contribution < 1.29 is 4.79 Å². The zero-order chi connectivity index (χ0) is 19.1. The molecule has 0 radical (unpaired) electrons. The predicted octanol–water partition coefficient (Wildman–Crippen LogP) is 2.39. The first kappa shape index (κ1) is 22.9. The van der Waals surface area contributed by atoms with Crippen molar-refractivity contribution in [3.63, 3.8) is 0 Å². The Morgan fingerprint density at radius 3 is 2.48 bits per heavy atom. The lowest BCUT2D eigenvalue weighted by Gasteiger charge is -2.18. The molecule has 0 spiro atoms. The van der Waals surface area contributed by atoms with Crippen LogP contribution in [0.5, 0.6) is 0 Å². The van der Waals surface area contributed by atoms with Gasteiger partial charge in [0.05, 0.1) is 12.2 Å². The highest BCUT2D eigenvalue weighted by molar-refractivity contribution is 14.0. The highest BCUT2D eigenvalue weighted by Gasteiger charge is 2.14. The third kappa shape index (κ3) is 6.85. The van der Waals surface area contributed by atoms with Crippen molar-refractivity contribution >= 4 is 41.5 Å². The molecule has 1 aromatic heterocycles. The maximum atomic E-state index is 12.0. The molecule has 1 unspecified atom stereocenters. The second-order valence-electron chi connectivity index (χ2n) is 6.36. The van der Waals surface area contributed by atoms with Gasteiger partial charge >= 0.3 is 0 Å². The number of nitrogens with one attached hydrogen (secondary N) is 3. The quantitative estimate of drug-likeness (QED) is 0.334. The Kier molecular flexibility index (Phi) is 9.27. The molecule has 1 aromatic carbocycles. The number of para-hydroxylation sites is 1. The van der Waals surface area contributed by atoms with Crippen LogP contribution in [0.3, 0.4) is 0 Å². The molecule has 0 fully saturated rings. The van der Waals surface area contributed by atoms with Gasteiger partial charge in [-0.1, -0.05) is 18.2 Å². The highest BCUT2D eigenvalue weighted by atomic mass is 127. The normalized spacial score (nSPS) is 12.1. The lowest BCUT2D eigenvalue weighted by molar-refractivity contribution is -0.115. The first-order chi connectivity index (χ1) is 12.4. The van der Waals surface area contributed by atoms with Crippen molar-refractivity contribution in [3.8, 4) is 0 Å². The van der Waals surface area contributed by atoms with E-state index in [2.05, 4.69) is 39.9 Å². The molecular formula is C19H29IN6O. The number of halogens is 1. The fraction of sp³-hybridized carbons (Fsp3) is 0.421. The fourth-order valence-corrected chi connectivity index (χ4v) is 2.79. The van der Waals surface area contributed by atoms with E-state index in [1.54, 1.807) is 7.05 Å². The van der Waals surface area contributed by atoms with E-state index in [0.29, 0.717) is 5.96 Å². The smallest absolute Gasteiger partial charge is 0.243 e. The number of nitrogens with zero attached hydrogens (tertiary/aromatic N) is 3. The first-order valence-corrected chi connectivity index (χ1v) is 8.71. The van der Waals surface area contributed by atoms with Crippen LogP contribution in [-0.2, 0) is 18.3 Å². The van der Waals surface area contributed by atoms with E-state index in [9.17, 15) is 4.79 Å². The van der Waals surface area contributed by atoms with Gasteiger partial charge in [0.15, 0.2) is 5.96 Å². The largest absolute Gasteiger partial charge is 0.354 e. The zero-order valence-corrected chi connectivity index (χ0v) is 18.9. The fourth-order valence-electron chi connectivity index (χ4n) is 2.79. The lowest BCUT2D eigenvalue weighted by Crippen LogP contribution is -2.45. The minimum absolute atomic E-state index is 0. The van der Waals surface area contributed by atoms with Crippen LogP contribution in [0.1, 0.15) is 23.9 Å². The molecule has 0 bridgehead atoms. The second kappa shape index (κ2) is 10.9. The van der Waals surface area contributed by atoms with Crippen LogP contribution in [0.25, 0.3) is 0 Å². The van der Waals surface area contributed by atoms with Gasteiger partial charge in [0.25, 0.3) is 0 Å². The Labute approximate surface area is 178 Å². The highest BCUT2D eigenvalue weighted by Crippen LogP contribution is 2.14. The van der Waals surface area contributed by atoms with E-state index in [0.717, 1.165) is 17.8 Å². The molecule has 2 aromatic rings. The topological polar surface area (TPSA) is 83.3 Å². The molecule has 0 aliphatic heterocycles. The summed E-state index contributed by atoms with van der Waals surface area (Å²) in [4.78, 5) is 16.2. The van der Waals surface area contributed by atoms with E-state index < -0.39 is 0 Å². The number of aliphatic imine (C=N–C) groups is 1. The van der Waals surface area contributed by atoms with Crippen molar-refractivity contribution in [1.82, 2.24) is 20.4 Å². The molecule has 1 atom stereocenters. The van der Waals surface area contributed by atoms with Gasteiger partial charge in [-0.2, -0.15) is 5.10 Å². The Hall–Kier alpha value is -2.10. The van der Waals surface area contributed by atoms with Crippen molar-refractivity contribution in [2.24, 2.45) is 12.0 Å². The summed E-state index contributed by atoms with van der Waals surface area (Å²) in [6, 6.07) is 9.53. The van der Waals surface area contributed by atoms with Gasteiger partial charge in [0.1, 0.15) is 0 Å². The summed E-state index contributed by atoms with van der Waals surface area (Å²) >= 11 is 0. The summed E-state index contributed by atoms with van der Waals surface area (Å²) in [5, 5.41) is 13.7. The second-order valence-corrected chi connectivity index (χ2v) is 6.36. The van der Waals surface area contributed by atoms with Crippen molar-refractivity contribution in [1.29, 1.82) is 0 Å². The maximum absolute atomic E-state index is 12.0. The predicted molar refractivity (Wildman–Crippen MR) is 121 cm³/mol. The number of carbonyl (C=O) groups excluding carboxylic acids is 1. The van der Waals surface area contributed by atoms with Gasteiger partial charge in [-0.3, -0.25) is 14.5 Å². The minimum atomic E-state index is -0.120. The molecule has 2 rings (SSSR count). The third-order valence-corrected chi connectivity index (χ3v) is 4.25. The van der Waals surface area contributed by atoms with Crippen molar-refractivity contribution in [2.45, 2.75) is 33.2 Å². The lowest BCUT2D eigenvalue weighted by atomic mass is 10.1. The van der Waals surface area contributed by atoms with Crippen LogP contribution in [0.4, 0.5) is 5.69 Å². The number of aromatic nitrogens is 2. The van der Waals surface area contributed by atoms with Crippen molar-refractivity contribution in [2.75, 3.05) is 18.9 Å². The molecule has 7 nitrogen and oxygen atoms in total. The molecule has 1 amide bonds. The van der Waals surface area contributed by atoms with Gasteiger partial charge in [-0.15, -0.1) is 24.0 Å². The summed E-state index contributed by atoms with van der Waals surface area (Å²) in [5.74, 6) is 0.477. The Morgan fingerprint density at radius 2 is 1.93 bits per heavy atom. The molecule has 3 N–H and O–H groups in total. The number of amides is 1. The zero-order valence-electron chi connectivity index (χ0n) is 16.5. The van der Waals surface area contributed by atoms with Crippen molar-refractivity contribution in [3.05, 3.63) is 47.3 Å². The summed E-state index contributed by atoms with van der Waals surface area (Å²) in [7, 11) is 3.65. The summed E-state index contributed by atoms with van der Waals surface area (Å²) in [5.41, 5.74) is 4.23. The molecule has 0 aliphatic carbocycles. The SMILES string of the molecule is CN=C(NCC(=O)Nc1ccccc1)NC(C)Cc1c(C)nn(C)c1C.I. The van der Waals surface area contributed by atoms with E-state index >= 15 is 0 Å². The summed E-state index contributed by atoms with van der Waals surface area (Å²) in [6.07, 6.45) is 0.836. The van der Waals surface area contributed by atoms with Gasteiger partial charge in [-0.25, -0.2) is 0 Å². The third-order valence-electron chi connectivity index (χ3n) is 4.25. The number of guanidine groups is 1. The Balaban J connectivity index is 0.00000364. The average molecular weight is 484 g/mol. The Bertz CT molecular complexity index is 772. The standard InChI is InChI=1S/C19H28N6O.HI/c1-13(11-17-14(2)24-25(5)15(17)3)22-19(20-4)21-12-18(26)23-16-9-7-6-8-10-16;/h6-10,13H,11-12H2,1-5H3,(H,23,26)(H2,20,21,22);1H. The van der Waals surface area contributed by atoms with Crippen LogP contribution in [0, 0.1) is 13.8 Å². The molecule has 8 heteroatoms. The molecule has 27 heavy (non-hydrogen) atoms. The number of aryl methyl sites for hydroxylation is 2. The van der Waals surface area contributed by atoms with Gasteiger partial charge in [-0.05, 0) is 44.9 Å². The van der Waals surface area contributed by atoms with E-state index in [1.807, 2.05) is 49.0 Å². The molecule has 148 valence electrons. The van der Waals surface area contributed by atoms with E-state index in [1.165, 1.54) is 11.3 Å². The molecule has 1 heterocycles.